The van der Waals surface area contributed by atoms with Crippen molar-refractivity contribution in [3.63, 3.8) is 0 Å². The molecule has 0 saturated heterocycles. The molecule has 138 valence electrons. The molecule has 0 saturated carbocycles. The van der Waals surface area contributed by atoms with Gasteiger partial charge in [-0.05, 0) is 25.0 Å². The maximum absolute atomic E-state index is 6.22. The number of nitrogen functional groups attached to an aromatic ring is 1. The van der Waals surface area contributed by atoms with Gasteiger partial charge in [0.1, 0.15) is 17.8 Å². The van der Waals surface area contributed by atoms with Gasteiger partial charge in [0.2, 0.25) is 0 Å². The minimum atomic E-state index is 0.511. The highest BCUT2D eigenvalue weighted by molar-refractivity contribution is 6.02. The van der Waals surface area contributed by atoms with Crippen LogP contribution in [0.1, 0.15) is 44.7 Å². The number of hydrogen-bond donors (Lipinski definition) is 2. The van der Waals surface area contributed by atoms with E-state index in [0.717, 1.165) is 45.9 Å². The Labute approximate surface area is 159 Å². The van der Waals surface area contributed by atoms with Crippen LogP contribution in [-0.4, -0.2) is 19.9 Å². The summed E-state index contributed by atoms with van der Waals surface area (Å²) in [6.45, 7) is 2.24. The first kappa shape index (κ1) is 17.5. The maximum Gasteiger partial charge on any atom is 0.143 e. The number of nitrogens with zero attached hydrogens (tertiary/aromatic N) is 3. The van der Waals surface area contributed by atoms with E-state index in [1.165, 1.54) is 37.7 Å². The number of benzene rings is 1. The second-order valence-electron chi connectivity index (χ2n) is 7.04. The van der Waals surface area contributed by atoms with Gasteiger partial charge in [-0.1, -0.05) is 50.8 Å². The first-order chi connectivity index (χ1) is 13.3. The van der Waals surface area contributed by atoms with Gasteiger partial charge in [0, 0.05) is 28.4 Å². The molecule has 0 aliphatic rings. The third kappa shape index (κ3) is 3.50. The van der Waals surface area contributed by atoms with E-state index >= 15 is 0 Å². The SMILES string of the molecule is CCCCCCCc1[nH]c2ncnc(N)c2c1-c1cnc2ccccc2c1. The molecular weight excluding hydrogens is 334 g/mol. The number of H-pyrrole nitrogens is 1. The number of hydrogen-bond acceptors (Lipinski definition) is 4. The number of nitrogens with one attached hydrogen (secondary N) is 1. The lowest BCUT2D eigenvalue weighted by Crippen LogP contribution is -1.94. The minimum absolute atomic E-state index is 0.511. The number of unbranched alkanes of at least 4 members (excludes halogenated alkanes) is 4. The van der Waals surface area contributed by atoms with Gasteiger partial charge in [-0.2, -0.15) is 0 Å². The van der Waals surface area contributed by atoms with Crippen LogP contribution in [0.5, 0.6) is 0 Å². The molecule has 3 heterocycles. The van der Waals surface area contributed by atoms with E-state index in [9.17, 15) is 0 Å². The van der Waals surface area contributed by atoms with Crippen molar-refractivity contribution in [2.45, 2.75) is 45.4 Å². The highest BCUT2D eigenvalue weighted by atomic mass is 15.0. The average molecular weight is 359 g/mol. The van der Waals surface area contributed by atoms with Crippen molar-refractivity contribution in [2.75, 3.05) is 5.73 Å². The molecule has 27 heavy (non-hydrogen) atoms. The van der Waals surface area contributed by atoms with Gasteiger partial charge >= 0.3 is 0 Å². The van der Waals surface area contributed by atoms with Gasteiger partial charge < -0.3 is 10.7 Å². The molecule has 0 spiro atoms. The zero-order chi connectivity index (χ0) is 18.6. The number of aromatic amines is 1. The molecule has 0 aliphatic heterocycles. The standard InChI is InChI=1S/C22H25N5/c1-2-3-4-5-6-11-18-19(20-21(23)25-14-26-22(20)27-18)16-12-15-9-7-8-10-17(15)24-13-16/h7-10,12-14H,2-6,11H2,1H3,(H3,23,25,26,27). The Kier molecular flexibility index (Phi) is 5.01. The fourth-order valence-corrected chi connectivity index (χ4v) is 3.72. The summed E-state index contributed by atoms with van der Waals surface area (Å²) in [4.78, 5) is 16.7. The molecule has 0 radical (unpaired) electrons. The van der Waals surface area contributed by atoms with Gasteiger partial charge in [-0.25, -0.2) is 9.97 Å². The number of aryl methyl sites for hydroxylation is 1. The largest absolute Gasteiger partial charge is 0.383 e. The monoisotopic (exact) mass is 359 g/mol. The lowest BCUT2D eigenvalue weighted by molar-refractivity contribution is 0.629. The predicted molar refractivity (Wildman–Crippen MR) is 112 cm³/mol. The van der Waals surface area contributed by atoms with Crippen LogP contribution >= 0.6 is 0 Å². The Morgan fingerprint density at radius 3 is 2.74 bits per heavy atom. The zero-order valence-corrected chi connectivity index (χ0v) is 15.7. The first-order valence-corrected chi connectivity index (χ1v) is 9.74. The highest BCUT2D eigenvalue weighted by Crippen LogP contribution is 2.35. The smallest absolute Gasteiger partial charge is 0.143 e. The second kappa shape index (κ2) is 7.74. The zero-order valence-electron chi connectivity index (χ0n) is 15.7. The maximum atomic E-state index is 6.22. The van der Waals surface area contributed by atoms with Crippen LogP contribution in [0.3, 0.4) is 0 Å². The predicted octanol–water partition coefficient (Wildman–Crippen LogP) is 5.27. The average Bonchev–Trinajstić information content (AvgIpc) is 3.07. The Morgan fingerprint density at radius 1 is 1.00 bits per heavy atom. The number of aromatic nitrogens is 4. The van der Waals surface area contributed by atoms with E-state index in [-0.39, 0.29) is 0 Å². The lowest BCUT2D eigenvalue weighted by Gasteiger charge is -2.07. The van der Waals surface area contributed by atoms with E-state index in [0.29, 0.717) is 5.82 Å². The van der Waals surface area contributed by atoms with Crippen molar-refractivity contribution in [3.05, 3.63) is 48.5 Å². The Bertz CT molecular complexity index is 1070. The summed E-state index contributed by atoms with van der Waals surface area (Å²) in [5.41, 5.74) is 11.3. The molecule has 0 bridgehead atoms. The number of fused-ring (bicyclic) bond motifs is 2. The number of nitrogens with two attached hydrogens (primary N) is 1. The third-order valence-electron chi connectivity index (χ3n) is 5.11. The number of anilines is 1. The number of para-hydroxylation sites is 1. The van der Waals surface area contributed by atoms with E-state index in [2.05, 4.69) is 39.0 Å². The van der Waals surface area contributed by atoms with E-state index in [1.54, 1.807) is 0 Å². The molecule has 5 nitrogen and oxygen atoms in total. The van der Waals surface area contributed by atoms with Crippen molar-refractivity contribution in [2.24, 2.45) is 0 Å². The minimum Gasteiger partial charge on any atom is -0.383 e. The summed E-state index contributed by atoms with van der Waals surface area (Å²) in [6, 6.07) is 10.3. The van der Waals surface area contributed by atoms with Crippen LogP contribution in [0.2, 0.25) is 0 Å². The second-order valence-corrected chi connectivity index (χ2v) is 7.04. The normalized spacial score (nSPS) is 11.4. The van der Waals surface area contributed by atoms with Crippen molar-refractivity contribution in [1.82, 2.24) is 19.9 Å². The Balaban J connectivity index is 1.77. The van der Waals surface area contributed by atoms with Crippen LogP contribution in [0.15, 0.2) is 42.9 Å². The highest BCUT2D eigenvalue weighted by Gasteiger charge is 2.17. The van der Waals surface area contributed by atoms with E-state index in [1.807, 2.05) is 24.4 Å². The number of rotatable bonds is 7. The van der Waals surface area contributed by atoms with Crippen molar-refractivity contribution in [1.29, 1.82) is 0 Å². The molecule has 0 atom stereocenters. The van der Waals surface area contributed by atoms with Crippen molar-refractivity contribution < 1.29 is 0 Å². The molecule has 4 rings (SSSR count). The summed E-state index contributed by atoms with van der Waals surface area (Å²) in [5.74, 6) is 0.511. The molecular formula is C22H25N5. The van der Waals surface area contributed by atoms with Gasteiger partial charge in [-0.3, -0.25) is 4.98 Å². The van der Waals surface area contributed by atoms with E-state index in [4.69, 9.17) is 5.73 Å². The molecule has 0 unspecified atom stereocenters. The van der Waals surface area contributed by atoms with Crippen LogP contribution < -0.4 is 5.73 Å². The molecule has 0 aliphatic carbocycles. The molecule has 3 N–H and O–H groups in total. The molecule has 0 fully saturated rings. The fraction of sp³-hybridized carbons (Fsp3) is 0.318. The molecule has 4 aromatic rings. The molecule has 5 heteroatoms. The van der Waals surface area contributed by atoms with Crippen LogP contribution in [0.4, 0.5) is 5.82 Å². The van der Waals surface area contributed by atoms with E-state index < -0.39 is 0 Å². The van der Waals surface area contributed by atoms with Crippen molar-refractivity contribution >= 4 is 27.8 Å². The van der Waals surface area contributed by atoms with Crippen LogP contribution in [-0.2, 0) is 6.42 Å². The van der Waals surface area contributed by atoms with Crippen LogP contribution in [0.25, 0.3) is 33.1 Å². The molecule has 3 aromatic heterocycles. The first-order valence-electron chi connectivity index (χ1n) is 9.74. The summed E-state index contributed by atoms with van der Waals surface area (Å²) >= 11 is 0. The summed E-state index contributed by atoms with van der Waals surface area (Å²) in [6.07, 6.45) is 10.6. The molecule has 1 aromatic carbocycles. The van der Waals surface area contributed by atoms with Crippen LogP contribution in [0, 0.1) is 0 Å². The fourth-order valence-electron chi connectivity index (χ4n) is 3.72. The number of pyridine rings is 1. The summed E-state index contributed by atoms with van der Waals surface area (Å²) in [5, 5.41) is 2.02. The van der Waals surface area contributed by atoms with Gasteiger partial charge in [0.25, 0.3) is 0 Å². The van der Waals surface area contributed by atoms with Crippen molar-refractivity contribution in [3.8, 4) is 11.1 Å². The Morgan fingerprint density at radius 2 is 1.85 bits per heavy atom. The topological polar surface area (TPSA) is 80.5 Å². The third-order valence-corrected chi connectivity index (χ3v) is 5.11. The quantitative estimate of drug-likeness (QED) is 0.441. The molecule has 0 amide bonds. The van der Waals surface area contributed by atoms with Gasteiger partial charge in [0.05, 0.1) is 10.9 Å². The van der Waals surface area contributed by atoms with Gasteiger partial charge in [-0.15, -0.1) is 0 Å². The lowest BCUT2D eigenvalue weighted by atomic mass is 9.99. The summed E-state index contributed by atoms with van der Waals surface area (Å²) < 4.78 is 0. The summed E-state index contributed by atoms with van der Waals surface area (Å²) in [7, 11) is 0. The Hall–Kier alpha value is -2.95. The van der Waals surface area contributed by atoms with Gasteiger partial charge in [0.15, 0.2) is 0 Å².